The summed E-state index contributed by atoms with van der Waals surface area (Å²) in [5.74, 6) is -0.369. The molecule has 0 amide bonds. The maximum absolute atomic E-state index is 11.6. The van der Waals surface area contributed by atoms with E-state index in [1.54, 1.807) is 12.1 Å². The summed E-state index contributed by atoms with van der Waals surface area (Å²) in [6, 6.07) is 13.6. The zero-order chi connectivity index (χ0) is 16.8. The van der Waals surface area contributed by atoms with Crippen molar-refractivity contribution in [1.82, 2.24) is 5.32 Å². The minimum Gasteiger partial charge on any atom is -0.465 e. The molecular weight excluding hydrogens is 308 g/mol. The first-order chi connectivity index (χ1) is 11.0. The number of methoxy groups -OCH3 is 1. The number of carbonyl (C=O) groups excluding carboxylic acids is 1. The lowest BCUT2D eigenvalue weighted by molar-refractivity contribution is 0.0601. The number of carbonyl (C=O) groups is 1. The summed E-state index contributed by atoms with van der Waals surface area (Å²) >= 11 is 5.33. The Morgan fingerprint density at radius 3 is 2.65 bits per heavy atom. The summed E-state index contributed by atoms with van der Waals surface area (Å²) in [5.41, 5.74) is 4.65. The molecule has 0 spiro atoms. The third kappa shape index (κ3) is 4.79. The molecule has 5 heteroatoms. The van der Waals surface area contributed by atoms with E-state index in [-0.39, 0.29) is 5.97 Å². The lowest BCUT2D eigenvalue weighted by atomic mass is 10.1. The fraction of sp³-hybridized carbons (Fsp3) is 0.222. The van der Waals surface area contributed by atoms with Gasteiger partial charge in [-0.3, -0.25) is 0 Å². The molecular formula is C18H20N2O2S. The van der Waals surface area contributed by atoms with Gasteiger partial charge in [-0.1, -0.05) is 35.9 Å². The normalized spacial score (nSPS) is 10.0. The molecule has 4 nitrogen and oxygen atoms in total. The van der Waals surface area contributed by atoms with E-state index >= 15 is 0 Å². The molecule has 120 valence electrons. The maximum Gasteiger partial charge on any atom is 0.337 e. The number of hydrogen-bond donors (Lipinski definition) is 2. The Bertz CT molecular complexity index is 729. The molecule has 2 aromatic rings. The van der Waals surface area contributed by atoms with Crippen LogP contribution in [0.4, 0.5) is 5.69 Å². The Morgan fingerprint density at radius 2 is 1.96 bits per heavy atom. The molecule has 2 N–H and O–H groups in total. The van der Waals surface area contributed by atoms with Crippen LogP contribution in [-0.2, 0) is 11.3 Å². The Morgan fingerprint density at radius 1 is 1.17 bits per heavy atom. The van der Waals surface area contributed by atoms with Crippen molar-refractivity contribution in [3.05, 3.63) is 64.7 Å². The zero-order valence-electron chi connectivity index (χ0n) is 13.5. The van der Waals surface area contributed by atoms with Gasteiger partial charge in [0.2, 0.25) is 0 Å². The van der Waals surface area contributed by atoms with E-state index in [4.69, 9.17) is 17.0 Å². The summed E-state index contributed by atoms with van der Waals surface area (Å²) in [5, 5.41) is 6.81. The van der Waals surface area contributed by atoms with Gasteiger partial charge in [0, 0.05) is 12.2 Å². The number of hydrogen-bond acceptors (Lipinski definition) is 3. The van der Waals surface area contributed by atoms with Crippen LogP contribution in [0.25, 0.3) is 0 Å². The molecule has 0 atom stereocenters. The van der Waals surface area contributed by atoms with E-state index < -0.39 is 0 Å². The average molecular weight is 328 g/mol. The highest BCUT2D eigenvalue weighted by Gasteiger charge is 2.09. The van der Waals surface area contributed by atoms with Crippen LogP contribution in [0.2, 0.25) is 0 Å². The first kappa shape index (κ1) is 17.0. The first-order valence-electron chi connectivity index (χ1n) is 7.29. The molecule has 2 rings (SSSR count). The molecule has 0 unspecified atom stereocenters. The van der Waals surface area contributed by atoms with Crippen LogP contribution in [0.1, 0.15) is 27.0 Å². The minimum absolute atomic E-state index is 0.369. The molecule has 2 aromatic carbocycles. The van der Waals surface area contributed by atoms with Crippen molar-refractivity contribution in [2.45, 2.75) is 20.4 Å². The number of ether oxygens (including phenoxy) is 1. The van der Waals surface area contributed by atoms with Gasteiger partial charge in [-0.2, -0.15) is 0 Å². The molecule has 0 heterocycles. The number of nitrogens with one attached hydrogen (secondary N) is 2. The van der Waals surface area contributed by atoms with Gasteiger partial charge in [0.15, 0.2) is 5.11 Å². The Hall–Kier alpha value is -2.40. The van der Waals surface area contributed by atoms with Gasteiger partial charge in [-0.25, -0.2) is 4.79 Å². The van der Waals surface area contributed by atoms with Crippen LogP contribution in [0.3, 0.4) is 0 Å². The Labute approximate surface area is 141 Å². The molecule has 0 saturated carbocycles. The molecule has 0 aromatic heterocycles. The highest BCUT2D eigenvalue weighted by atomic mass is 32.1. The van der Waals surface area contributed by atoms with E-state index in [1.807, 2.05) is 25.1 Å². The van der Waals surface area contributed by atoms with E-state index in [9.17, 15) is 4.79 Å². The Kier molecular flexibility index (Phi) is 5.71. The van der Waals surface area contributed by atoms with Gasteiger partial charge >= 0.3 is 5.97 Å². The molecule has 0 fully saturated rings. The van der Waals surface area contributed by atoms with Crippen molar-refractivity contribution in [3.63, 3.8) is 0 Å². The van der Waals surface area contributed by atoms with Gasteiger partial charge < -0.3 is 15.4 Å². The highest BCUT2D eigenvalue weighted by molar-refractivity contribution is 7.80. The molecule has 0 aliphatic carbocycles. The second kappa shape index (κ2) is 7.74. The largest absolute Gasteiger partial charge is 0.465 e. The third-order valence-corrected chi connectivity index (χ3v) is 3.69. The number of thiocarbonyl (C=S) groups is 1. The monoisotopic (exact) mass is 328 g/mol. The number of rotatable bonds is 4. The van der Waals surface area contributed by atoms with Crippen molar-refractivity contribution in [3.8, 4) is 0 Å². The molecule has 0 bridgehead atoms. The third-order valence-electron chi connectivity index (χ3n) is 3.44. The minimum atomic E-state index is -0.369. The van der Waals surface area contributed by atoms with Gasteiger partial charge in [0.05, 0.1) is 12.7 Å². The second-order valence-corrected chi connectivity index (χ2v) is 5.73. The molecule has 0 aliphatic heterocycles. The molecule has 23 heavy (non-hydrogen) atoms. The zero-order valence-corrected chi connectivity index (χ0v) is 14.3. The summed E-state index contributed by atoms with van der Waals surface area (Å²) in [6.45, 7) is 4.65. The van der Waals surface area contributed by atoms with E-state index in [1.165, 1.54) is 12.7 Å². The Balaban J connectivity index is 2.01. The van der Waals surface area contributed by atoms with Crippen LogP contribution >= 0.6 is 12.2 Å². The first-order valence-corrected chi connectivity index (χ1v) is 7.70. The van der Waals surface area contributed by atoms with Crippen molar-refractivity contribution < 1.29 is 9.53 Å². The van der Waals surface area contributed by atoms with Crippen LogP contribution in [0.15, 0.2) is 42.5 Å². The fourth-order valence-corrected chi connectivity index (χ4v) is 2.35. The van der Waals surface area contributed by atoms with Crippen LogP contribution in [0.5, 0.6) is 0 Å². The molecule has 0 radical (unpaired) electrons. The van der Waals surface area contributed by atoms with E-state index in [0.717, 1.165) is 16.8 Å². The van der Waals surface area contributed by atoms with E-state index in [2.05, 4.69) is 29.7 Å². The SMILES string of the molecule is COC(=O)c1ccc(C)c(NC(=S)NCc2cccc(C)c2)c1. The summed E-state index contributed by atoms with van der Waals surface area (Å²) in [6.07, 6.45) is 0. The summed E-state index contributed by atoms with van der Waals surface area (Å²) in [4.78, 5) is 11.6. The van der Waals surface area contributed by atoms with Crippen molar-refractivity contribution in [2.24, 2.45) is 0 Å². The molecule has 0 aliphatic rings. The van der Waals surface area contributed by atoms with Crippen molar-refractivity contribution >= 4 is 29.0 Å². The fourth-order valence-electron chi connectivity index (χ4n) is 2.17. The topological polar surface area (TPSA) is 50.4 Å². The van der Waals surface area contributed by atoms with Crippen molar-refractivity contribution in [2.75, 3.05) is 12.4 Å². The smallest absolute Gasteiger partial charge is 0.337 e. The average Bonchev–Trinajstić information content (AvgIpc) is 2.54. The maximum atomic E-state index is 11.6. The van der Waals surface area contributed by atoms with Crippen LogP contribution in [0, 0.1) is 13.8 Å². The van der Waals surface area contributed by atoms with Gasteiger partial charge in [0.25, 0.3) is 0 Å². The quantitative estimate of drug-likeness (QED) is 0.664. The van der Waals surface area contributed by atoms with Gasteiger partial charge in [-0.05, 0) is 49.3 Å². The van der Waals surface area contributed by atoms with Crippen LogP contribution < -0.4 is 10.6 Å². The number of aryl methyl sites for hydroxylation is 2. The lowest BCUT2D eigenvalue weighted by Crippen LogP contribution is -2.28. The van der Waals surface area contributed by atoms with Crippen molar-refractivity contribution in [1.29, 1.82) is 0 Å². The highest BCUT2D eigenvalue weighted by Crippen LogP contribution is 2.17. The van der Waals surface area contributed by atoms with Gasteiger partial charge in [-0.15, -0.1) is 0 Å². The molecule has 0 saturated heterocycles. The van der Waals surface area contributed by atoms with E-state index in [0.29, 0.717) is 17.2 Å². The summed E-state index contributed by atoms with van der Waals surface area (Å²) in [7, 11) is 1.36. The predicted molar refractivity (Wildman–Crippen MR) is 96.8 cm³/mol. The standard InChI is InChI=1S/C18H20N2O2S/c1-12-5-4-6-14(9-12)11-19-18(23)20-16-10-15(17(21)22-3)8-7-13(16)2/h4-10H,11H2,1-3H3,(H2,19,20,23). The lowest BCUT2D eigenvalue weighted by Gasteiger charge is -2.13. The second-order valence-electron chi connectivity index (χ2n) is 5.32. The summed E-state index contributed by atoms with van der Waals surface area (Å²) < 4.78 is 4.74. The number of anilines is 1. The number of esters is 1. The number of benzene rings is 2. The van der Waals surface area contributed by atoms with Gasteiger partial charge in [0.1, 0.15) is 0 Å². The van der Waals surface area contributed by atoms with Crippen LogP contribution in [-0.4, -0.2) is 18.2 Å². The predicted octanol–water partition coefficient (Wildman–Crippen LogP) is 3.58.